The molecule has 3 heterocycles. The molecule has 0 spiro atoms. The Labute approximate surface area is 178 Å². The number of aromatic nitrogens is 1. The van der Waals surface area contributed by atoms with Gasteiger partial charge >= 0.3 is 0 Å². The molecule has 2 aromatic carbocycles. The third-order valence-corrected chi connectivity index (χ3v) is 7.75. The number of aryl methyl sites for hydroxylation is 1. The van der Waals surface area contributed by atoms with Crippen LogP contribution in [0.2, 0.25) is 0 Å². The van der Waals surface area contributed by atoms with Crippen molar-refractivity contribution >= 4 is 33.0 Å². The maximum atomic E-state index is 10.7. The van der Waals surface area contributed by atoms with Crippen LogP contribution < -0.4 is 10.2 Å². The smallest absolute Gasteiger partial charge is 0.131 e. The summed E-state index contributed by atoms with van der Waals surface area (Å²) in [6.07, 6.45) is 0. The van der Waals surface area contributed by atoms with Crippen molar-refractivity contribution in [3.05, 3.63) is 59.7 Å². The summed E-state index contributed by atoms with van der Waals surface area (Å²) >= 11 is 0. The van der Waals surface area contributed by atoms with Gasteiger partial charge in [0.25, 0.3) is 0 Å². The molecule has 0 radical (unpaired) electrons. The van der Waals surface area contributed by atoms with E-state index in [9.17, 15) is 9.11 Å². The first-order valence-electron chi connectivity index (χ1n) is 10.3. The first-order chi connectivity index (χ1) is 14.5. The van der Waals surface area contributed by atoms with Gasteiger partial charge in [0.15, 0.2) is 0 Å². The van der Waals surface area contributed by atoms with E-state index in [2.05, 4.69) is 41.4 Å². The van der Waals surface area contributed by atoms with Crippen molar-refractivity contribution < 1.29 is 13.8 Å². The lowest BCUT2D eigenvalue weighted by Gasteiger charge is -2.32. The van der Waals surface area contributed by atoms with Crippen LogP contribution in [0.5, 0.6) is 0 Å². The highest BCUT2D eigenvalue weighted by atomic mass is 32.3. The molecule has 30 heavy (non-hydrogen) atoms. The zero-order valence-corrected chi connectivity index (χ0v) is 17.9. The van der Waals surface area contributed by atoms with E-state index in [-0.39, 0.29) is 0 Å². The number of anilines is 2. The van der Waals surface area contributed by atoms with Crippen LogP contribution in [0.4, 0.5) is 11.5 Å². The Morgan fingerprint density at radius 1 is 1.17 bits per heavy atom. The molecular formula is C23H27N3O3S. The van der Waals surface area contributed by atoms with E-state index in [1.54, 1.807) is 0 Å². The molecule has 0 amide bonds. The monoisotopic (exact) mass is 425 g/mol. The topological polar surface area (TPSA) is 77.9 Å². The van der Waals surface area contributed by atoms with Crippen molar-refractivity contribution in [3.8, 4) is 0 Å². The van der Waals surface area contributed by atoms with E-state index in [4.69, 9.17) is 9.72 Å². The maximum Gasteiger partial charge on any atom is 0.131 e. The lowest BCUT2D eigenvalue weighted by molar-refractivity contribution is -0.0248. The van der Waals surface area contributed by atoms with Crippen molar-refractivity contribution in [1.82, 2.24) is 4.98 Å². The molecule has 1 fully saturated rings. The molecule has 0 unspecified atom stereocenters. The molecular weight excluding hydrogens is 398 g/mol. The van der Waals surface area contributed by atoms with E-state index in [1.807, 2.05) is 24.3 Å². The Balaban J connectivity index is 1.53. The lowest BCUT2D eigenvalue weighted by atomic mass is 10.1. The van der Waals surface area contributed by atoms with E-state index < -0.39 is 10.6 Å². The molecule has 0 bridgehead atoms. The summed E-state index contributed by atoms with van der Waals surface area (Å²) < 4.78 is 26.7. The normalized spacial score (nSPS) is 19.6. The molecule has 0 saturated carbocycles. The largest absolute Gasteiger partial charge is 0.384 e. The zero-order valence-electron chi connectivity index (χ0n) is 17.0. The zero-order chi connectivity index (χ0) is 20.7. The minimum Gasteiger partial charge on any atom is -0.384 e. The van der Waals surface area contributed by atoms with Crippen LogP contribution in [-0.4, -0.2) is 46.1 Å². The molecule has 2 aliphatic heterocycles. The number of rotatable bonds is 4. The van der Waals surface area contributed by atoms with Gasteiger partial charge in [-0.05, 0) is 30.7 Å². The highest BCUT2D eigenvalue weighted by Gasteiger charge is 2.27. The van der Waals surface area contributed by atoms with Gasteiger partial charge < -0.3 is 15.0 Å². The minimum atomic E-state index is -2.79. The van der Waals surface area contributed by atoms with Crippen LogP contribution in [0.1, 0.15) is 11.1 Å². The quantitative estimate of drug-likeness (QED) is 0.561. The van der Waals surface area contributed by atoms with Crippen LogP contribution in [-0.2, 0) is 11.3 Å². The fraction of sp³-hybridized carbons (Fsp3) is 0.348. The number of ether oxygens (including phenoxy) is 1. The molecule has 2 aliphatic rings. The van der Waals surface area contributed by atoms with Gasteiger partial charge in [-0.3, -0.25) is 9.11 Å². The van der Waals surface area contributed by atoms with Crippen molar-refractivity contribution in [2.24, 2.45) is 5.92 Å². The van der Waals surface area contributed by atoms with Gasteiger partial charge in [-0.2, -0.15) is 10.6 Å². The Hall–Kier alpha value is -2.32. The van der Waals surface area contributed by atoms with E-state index in [1.165, 1.54) is 5.56 Å². The first-order valence-corrected chi connectivity index (χ1v) is 12.0. The third kappa shape index (κ3) is 3.74. The van der Waals surface area contributed by atoms with Crippen LogP contribution in [0, 0.1) is 12.8 Å². The van der Waals surface area contributed by atoms with Crippen molar-refractivity contribution in [3.63, 3.8) is 0 Å². The first kappa shape index (κ1) is 19.6. The van der Waals surface area contributed by atoms with Gasteiger partial charge in [0.05, 0.1) is 29.4 Å². The number of hydrogen-bond acceptors (Lipinski definition) is 6. The van der Waals surface area contributed by atoms with Gasteiger partial charge in [0.1, 0.15) is 5.82 Å². The number of nitrogens with zero attached hydrogens (tertiary/aromatic N) is 2. The summed E-state index contributed by atoms with van der Waals surface area (Å²) in [6.45, 7) is 5.72. The summed E-state index contributed by atoms with van der Waals surface area (Å²) in [5, 5.41) is 4.72. The van der Waals surface area contributed by atoms with Crippen LogP contribution in [0.3, 0.4) is 0 Å². The van der Waals surface area contributed by atoms with Gasteiger partial charge in [-0.1, -0.05) is 29.8 Å². The summed E-state index contributed by atoms with van der Waals surface area (Å²) in [5.74, 6) is 1.70. The summed E-state index contributed by atoms with van der Waals surface area (Å²) in [6, 6.07) is 16.0. The summed E-state index contributed by atoms with van der Waals surface area (Å²) in [5.41, 5.74) is 4.15. The molecule has 3 aromatic rings. The summed E-state index contributed by atoms with van der Waals surface area (Å²) in [7, 11) is -2.79. The lowest BCUT2D eigenvalue weighted by Crippen LogP contribution is -2.33. The highest BCUT2D eigenvalue weighted by molar-refractivity contribution is 8.24. The van der Waals surface area contributed by atoms with E-state index in [0.717, 1.165) is 47.7 Å². The SMILES string of the molecule is Cc1ccc2nc(N3CCS(O)(O)c4ccccc4C3)cc(NCC3COC3)c2c1. The van der Waals surface area contributed by atoms with Crippen LogP contribution in [0.25, 0.3) is 10.9 Å². The average Bonchev–Trinajstić information content (AvgIpc) is 2.83. The Morgan fingerprint density at radius 3 is 2.80 bits per heavy atom. The molecule has 1 saturated heterocycles. The Morgan fingerprint density at radius 2 is 2.00 bits per heavy atom. The fourth-order valence-corrected chi connectivity index (χ4v) is 5.62. The highest BCUT2D eigenvalue weighted by Crippen LogP contribution is 2.51. The van der Waals surface area contributed by atoms with Gasteiger partial charge in [0, 0.05) is 42.7 Å². The van der Waals surface area contributed by atoms with E-state index >= 15 is 0 Å². The minimum absolute atomic E-state index is 0.305. The second kappa shape index (κ2) is 7.74. The van der Waals surface area contributed by atoms with Crippen LogP contribution in [0.15, 0.2) is 53.4 Å². The Bertz CT molecular complexity index is 1080. The molecule has 1 aromatic heterocycles. The predicted molar refractivity (Wildman–Crippen MR) is 123 cm³/mol. The van der Waals surface area contributed by atoms with E-state index in [0.29, 0.717) is 29.7 Å². The van der Waals surface area contributed by atoms with Gasteiger partial charge in [-0.15, -0.1) is 0 Å². The number of benzene rings is 2. The maximum absolute atomic E-state index is 10.7. The molecule has 158 valence electrons. The number of fused-ring (bicyclic) bond motifs is 2. The van der Waals surface area contributed by atoms with Crippen molar-refractivity contribution in [1.29, 1.82) is 0 Å². The van der Waals surface area contributed by atoms with Crippen molar-refractivity contribution in [2.75, 3.05) is 42.3 Å². The fourth-order valence-electron chi connectivity index (χ4n) is 4.07. The second-order valence-electron chi connectivity index (χ2n) is 8.23. The molecule has 0 aliphatic carbocycles. The second-order valence-corrected chi connectivity index (χ2v) is 10.4. The summed E-state index contributed by atoms with van der Waals surface area (Å²) in [4.78, 5) is 7.74. The molecule has 3 N–H and O–H groups in total. The standard InChI is InChI=1S/C23H27N3O3S/c1-16-6-7-20-19(10-16)21(24-12-17-14-29-15-17)11-23(25-20)26-8-9-30(27,28)22-5-3-2-4-18(22)13-26/h2-7,10-11,17,27-28H,8-9,12-15H2,1H3,(H,24,25). The molecule has 5 rings (SSSR count). The molecule has 7 heteroatoms. The van der Waals surface area contributed by atoms with Crippen LogP contribution >= 0.6 is 10.6 Å². The molecule has 0 atom stereocenters. The number of hydrogen-bond donors (Lipinski definition) is 3. The number of pyridine rings is 1. The Kier molecular flexibility index (Phi) is 5.06. The molecule has 6 nitrogen and oxygen atoms in total. The van der Waals surface area contributed by atoms with Gasteiger partial charge in [-0.25, -0.2) is 4.98 Å². The average molecular weight is 426 g/mol. The third-order valence-electron chi connectivity index (χ3n) is 5.89. The number of nitrogens with one attached hydrogen (secondary N) is 1. The van der Waals surface area contributed by atoms with Gasteiger partial charge in [0.2, 0.25) is 0 Å². The predicted octanol–water partition coefficient (Wildman–Crippen LogP) is 4.73. The van der Waals surface area contributed by atoms with Crippen molar-refractivity contribution in [2.45, 2.75) is 18.4 Å².